The number of benzene rings is 1. The number of aliphatic hydroxyl groups excluding tert-OH is 1. The summed E-state index contributed by atoms with van der Waals surface area (Å²) in [4.78, 5) is 14.0. The summed E-state index contributed by atoms with van der Waals surface area (Å²) in [5.41, 5.74) is 0.601. The van der Waals surface area contributed by atoms with Crippen molar-refractivity contribution in [3.05, 3.63) is 24.3 Å². The summed E-state index contributed by atoms with van der Waals surface area (Å²) < 4.78 is 11.3. The van der Waals surface area contributed by atoms with E-state index in [4.69, 9.17) is 5.11 Å². The molecule has 0 aliphatic carbocycles. The van der Waals surface area contributed by atoms with Crippen molar-refractivity contribution in [1.29, 1.82) is 0 Å². The molecule has 1 atom stereocenters. The first-order chi connectivity index (χ1) is 8.58. The Labute approximate surface area is 109 Å². The fraction of sp³-hybridized carbons (Fsp3) is 0.417. The SMILES string of the molecule is CCN(CCO)C(=O)Nc1cccc(S(C)=O)c1. The van der Waals surface area contributed by atoms with E-state index in [1.807, 2.05) is 6.92 Å². The van der Waals surface area contributed by atoms with Gasteiger partial charge in [0.15, 0.2) is 0 Å². The fourth-order valence-corrected chi connectivity index (χ4v) is 2.04. The minimum Gasteiger partial charge on any atom is -0.395 e. The first kappa shape index (κ1) is 14.7. The third kappa shape index (κ3) is 4.12. The molecule has 6 heteroatoms. The number of carbonyl (C=O) groups excluding carboxylic acids is 1. The summed E-state index contributed by atoms with van der Waals surface area (Å²) >= 11 is 0. The third-order valence-corrected chi connectivity index (χ3v) is 3.37. The quantitative estimate of drug-likeness (QED) is 0.846. The van der Waals surface area contributed by atoms with Gasteiger partial charge in [0.1, 0.15) is 0 Å². The second-order valence-electron chi connectivity index (χ2n) is 3.72. The molecule has 0 aromatic heterocycles. The van der Waals surface area contributed by atoms with E-state index in [0.29, 0.717) is 23.7 Å². The van der Waals surface area contributed by atoms with Crippen molar-refractivity contribution in [2.24, 2.45) is 0 Å². The van der Waals surface area contributed by atoms with Crippen molar-refractivity contribution in [3.63, 3.8) is 0 Å². The molecule has 0 aliphatic rings. The normalized spacial score (nSPS) is 11.9. The van der Waals surface area contributed by atoms with Crippen LogP contribution in [0.15, 0.2) is 29.2 Å². The Bertz CT molecular complexity index is 437. The lowest BCUT2D eigenvalue weighted by molar-refractivity contribution is 0.192. The largest absolute Gasteiger partial charge is 0.395 e. The molecule has 1 aromatic carbocycles. The topological polar surface area (TPSA) is 69.6 Å². The lowest BCUT2D eigenvalue weighted by atomic mass is 10.3. The van der Waals surface area contributed by atoms with Gasteiger partial charge in [-0.25, -0.2) is 4.79 Å². The molecular formula is C12H18N2O3S. The van der Waals surface area contributed by atoms with E-state index in [-0.39, 0.29) is 12.6 Å². The number of rotatable bonds is 5. The molecule has 5 nitrogen and oxygen atoms in total. The van der Waals surface area contributed by atoms with Crippen LogP contribution in [0.4, 0.5) is 10.5 Å². The van der Waals surface area contributed by atoms with Crippen LogP contribution in [0.1, 0.15) is 6.92 Å². The summed E-state index contributed by atoms with van der Waals surface area (Å²) in [5, 5.41) is 11.6. The van der Waals surface area contributed by atoms with Gasteiger partial charge in [-0.05, 0) is 25.1 Å². The number of nitrogens with zero attached hydrogens (tertiary/aromatic N) is 1. The number of hydrogen-bond acceptors (Lipinski definition) is 3. The standard InChI is InChI=1S/C12H18N2O3S/c1-3-14(7-8-15)12(16)13-10-5-4-6-11(9-10)18(2)17/h4-6,9,15H,3,7-8H2,1-2H3,(H,13,16). The lowest BCUT2D eigenvalue weighted by Gasteiger charge is -2.20. The molecule has 0 heterocycles. The fourth-order valence-electron chi connectivity index (χ4n) is 1.48. The highest BCUT2D eigenvalue weighted by atomic mass is 32.2. The third-order valence-electron chi connectivity index (χ3n) is 2.46. The van der Waals surface area contributed by atoms with Crippen LogP contribution in [-0.4, -0.2) is 46.2 Å². The molecule has 100 valence electrons. The van der Waals surface area contributed by atoms with Crippen LogP contribution in [0.2, 0.25) is 0 Å². The van der Waals surface area contributed by atoms with E-state index in [0.717, 1.165) is 0 Å². The van der Waals surface area contributed by atoms with Crippen molar-refractivity contribution >= 4 is 22.5 Å². The Morgan fingerprint density at radius 1 is 1.50 bits per heavy atom. The summed E-state index contributed by atoms with van der Waals surface area (Å²) in [6.45, 7) is 2.58. The van der Waals surface area contributed by atoms with Crippen LogP contribution < -0.4 is 5.32 Å². The minimum absolute atomic E-state index is 0.0692. The average molecular weight is 270 g/mol. The number of aliphatic hydroxyl groups is 1. The Morgan fingerprint density at radius 3 is 2.78 bits per heavy atom. The van der Waals surface area contributed by atoms with Crippen molar-refractivity contribution in [2.75, 3.05) is 31.3 Å². The maximum Gasteiger partial charge on any atom is 0.321 e. The predicted octanol–water partition coefficient (Wildman–Crippen LogP) is 1.27. The van der Waals surface area contributed by atoms with Crippen LogP contribution in [0.5, 0.6) is 0 Å². The van der Waals surface area contributed by atoms with Gasteiger partial charge in [0.25, 0.3) is 0 Å². The van der Waals surface area contributed by atoms with E-state index < -0.39 is 10.8 Å². The first-order valence-corrected chi connectivity index (χ1v) is 7.24. The van der Waals surface area contributed by atoms with Gasteiger partial charge in [0.2, 0.25) is 0 Å². The van der Waals surface area contributed by atoms with Gasteiger partial charge in [-0.2, -0.15) is 0 Å². The maximum absolute atomic E-state index is 11.8. The van der Waals surface area contributed by atoms with Crippen molar-refractivity contribution < 1.29 is 14.1 Å². The van der Waals surface area contributed by atoms with Crippen LogP contribution in [0.25, 0.3) is 0 Å². The molecule has 2 N–H and O–H groups in total. The highest BCUT2D eigenvalue weighted by Crippen LogP contribution is 2.13. The number of carbonyl (C=O) groups is 1. The molecule has 0 saturated heterocycles. The number of nitrogens with one attached hydrogen (secondary N) is 1. The summed E-state index contributed by atoms with van der Waals surface area (Å²) in [7, 11) is -1.07. The van der Waals surface area contributed by atoms with E-state index >= 15 is 0 Å². The van der Waals surface area contributed by atoms with Crippen LogP contribution >= 0.6 is 0 Å². The van der Waals surface area contributed by atoms with Gasteiger partial charge in [-0.3, -0.25) is 4.21 Å². The van der Waals surface area contributed by atoms with Crippen molar-refractivity contribution in [2.45, 2.75) is 11.8 Å². The highest BCUT2D eigenvalue weighted by Gasteiger charge is 2.11. The van der Waals surface area contributed by atoms with E-state index in [9.17, 15) is 9.00 Å². The average Bonchev–Trinajstić information content (AvgIpc) is 2.36. The van der Waals surface area contributed by atoms with Crippen LogP contribution in [0.3, 0.4) is 0 Å². The Hall–Kier alpha value is -1.40. The van der Waals surface area contributed by atoms with Gasteiger partial charge in [-0.15, -0.1) is 0 Å². The Kier molecular flexibility index (Phi) is 5.80. The molecule has 1 unspecified atom stereocenters. The summed E-state index contributed by atoms with van der Waals surface area (Å²) in [6, 6.07) is 6.64. The molecule has 0 bridgehead atoms. The van der Waals surface area contributed by atoms with E-state index in [2.05, 4.69) is 5.32 Å². The molecule has 2 amide bonds. The lowest BCUT2D eigenvalue weighted by Crippen LogP contribution is -2.36. The second kappa shape index (κ2) is 7.13. The minimum atomic E-state index is -1.07. The molecule has 0 saturated carbocycles. The molecule has 1 rings (SSSR count). The first-order valence-electron chi connectivity index (χ1n) is 5.68. The molecule has 0 radical (unpaired) electrons. The maximum atomic E-state index is 11.8. The molecular weight excluding hydrogens is 252 g/mol. The number of hydrogen-bond donors (Lipinski definition) is 2. The number of likely N-dealkylation sites (N-methyl/N-ethyl adjacent to an activating group) is 1. The zero-order valence-corrected chi connectivity index (χ0v) is 11.4. The zero-order chi connectivity index (χ0) is 13.5. The van der Waals surface area contributed by atoms with E-state index in [1.165, 1.54) is 4.90 Å². The van der Waals surface area contributed by atoms with Gasteiger partial charge < -0.3 is 15.3 Å². The van der Waals surface area contributed by atoms with Gasteiger partial charge >= 0.3 is 6.03 Å². The Balaban J connectivity index is 2.74. The number of urea groups is 1. The van der Waals surface area contributed by atoms with Crippen molar-refractivity contribution in [1.82, 2.24) is 4.90 Å². The highest BCUT2D eigenvalue weighted by molar-refractivity contribution is 7.84. The molecule has 0 spiro atoms. The van der Waals surface area contributed by atoms with Crippen molar-refractivity contribution in [3.8, 4) is 0 Å². The number of anilines is 1. The zero-order valence-electron chi connectivity index (χ0n) is 10.5. The van der Waals surface area contributed by atoms with Gasteiger partial charge in [0, 0.05) is 40.7 Å². The molecule has 0 fully saturated rings. The predicted molar refractivity (Wildman–Crippen MR) is 72.1 cm³/mol. The van der Waals surface area contributed by atoms with Gasteiger partial charge in [-0.1, -0.05) is 6.07 Å². The van der Waals surface area contributed by atoms with Gasteiger partial charge in [0.05, 0.1) is 6.61 Å². The van der Waals surface area contributed by atoms with Crippen LogP contribution in [0, 0.1) is 0 Å². The summed E-state index contributed by atoms with van der Waals surface area (Å²) in [5.74, 6) is 0. The molecule has 18 heavy (non-hydrogen) atoms. The molecule has 1 aromatic rings. The number of amides is 2. The monoisotopic (exact) mass is 270 g/mol. The summed E-state index contributed by atoms with van der Waals surface area (Å²) in [6.07, 6.45) is 1.59. The second-order valence-corrected chi connectivity index (χ2v) is 5.10. The van der Waals surface area contributed by atoms with E-state index in [1.54, 1.807) is 30.5 Å². The molecule has 0 aliphatic heterocycles. The smallest absolute Gasteiger partial charge is 0.321 e. The Morgan fingerprint density at radius 2 is 2.22 bits per heavy atom. The van der Waals surface area contributed by atoms with Crippen LogP contribution in [-0.2, 0) is 10.8 Å².